The van der Waals surface area contributed by atoms with Gasteiger partial charge < -0.3 is 4.74 Å². The molecule has 2 aliphatic rings. The van der Waals surface area contributed by atoms with Gasteiger partial charge in [0.2, 0.25) is 0 Å². The molecule has 1 fully saturated rings. The summed E-state index contributed by atoms with van der Waals surface area (Å²) in [5, 5.41) is 0. The number of hydrogen-bond acceptors (Lipinski definition) is 3. The number of carbonyl (C=O) groups is 1. The van der Waals surface area contributed by atoms with E-state index in [9.17, 15) is 9.18 Å². The SMILES string of the molecule is CC(C)(C)OC(=O)N1C2C=C(c3cc(F)ccn3)CC1CCC2. The third kappa shape index (κ3) is 3.54. The maximum absolute atomic E-state index is 13.5. The quantitative estimate of drug-likeness (QED) is 0.780. The van der Waals surface area contributed by atoms with E-state index in [0.717, 1.165) is 24.8 Å². The van der Waals surface area contributed by atoms with Crippen LogP contribution >= 0.6 is 0 Å². The molecular formula is C18H23FN2O2. The number of piperidine rings is 1. The van der Waals surface area contributed by atoms with Crippen molar-refractivity contribution >= 4 is 11.7 Å². The fourth-order valence-electron chi connectivity index (χ4n) is 3.40. The van der Waals surface area contributed by atoms with Crippen LogP contribution in [0, 0.1) is 5.82 Å². The molecule has 0 N–H and O–H groups in total. The summed E-state index contributed by atoms with van der Waals surface area (Å²) in [6.45, 7) is 5.63. The molecule has 2 atom stereocenters. The first-order valence-electron chi connectivity index (χ1n) is 8.17. The van der Waals surface area contributed by atoms with Gasteiger partial charge in [-0.25, -0.2) is 9.18 Å². The fourth-order valence-corrected chi connectivity index (χ4v) is 3.40. The number of carbonyl (C=O) groups excluding carboxylic acids is 1. The molecule has 1 amide bonds. The average Bonchev–Trinajstić information content (AvgIpc) is 2.44. The van der Waals surface area contributed by atoms with Crippen LogP contribution in [-0.4, -0.2) is 33.7 Å². The number of ether oxygens (including phenoxy) is 1. The number of hydrogen-bond donors (Lipinski definition) is 0. The normalized spacial score (nSPS) is 24.2. The third-order valence-electron chi connectivity index (χ3n) is 4.29. The van der Waals surface area contributed by atoms with Crippen molar-refractivity contribution in [1.82, 2.24) is 9.88 Å². The standard InChI is InChI=1S/C18H23FN2O2/c1-18(2,3)23-17(22)21-14-5-4-6-15(21)10-12(9-14)16-11-13(19)7-8-20-16/h7-9,11,14-15H,4-6,10H2,1-3H3. The van der Waals surface area contributed by atoms with Crippen LogP contribution in [0.4, 0.5) is 9.18 Å². The molecule has 2 unspecified atom stereocenters. The Morgan fingerprint density at radius 2 is 2.17 bits per heavy atom. The molecule has 0 radical (unpaired) electrons. The van der Waals surface area contributed by atoms with E-state index in [1.165, 1.54) is 18.3 Å². The zero-order valence-electron chi connectivity index (χ0n) is 13.9. The van der Waals surface area contributed by atoms with Gasteiger partial charge in [-0.3, -0.25) is 9.88 Å². The van der Waals surface area contributed by atoms with E-state index < -0.39 is 5.60 Å². The molecule has 5 heteroatoms. The Balaban J connectivity index is 1.86. The van der Waals surface area contributed by atoms with Crippen LogP contribution in [0.5, 0.6) is 0 Å². The van der Waals surface area contributed by atoms with E-state index in [0.29, 0.717) is 12.1 Å². The molecule has 23 heavy (non-hydrogen) atoms. The van der Waals surface area contributed by atoms with E-state index in [1.807, 2.05) is 25.7 Å². The summed E-state index contributed by atoms with van der Waals surface area (Å²) in [4.78, 5) is 18.7. The predicted molar refractivity (Wildman–Crippen MR) is 86.3 cm³/mol. The van der Waals surface area contributed by atoms with Crippen molar-refractivity contribution in [2.45, 2.75) is 64.1 Å². The monoisotopic (exact) mass is 318 g/mol. The van der Waals surface area contributed by atoms with E-state index in [1.54, 1.807) is 0 Å². The minimum Gasteiger partial charge on any atom is -0.444 e. The first-order valence-corrected chi connectivity index (χ1v) is 8.17. The van der Waals surface area contributed by atoms with Gasteiger partial charge in [0.25, 0.3) is 0 Å². The third-order valence-corrected chi connectivity index (χ3v) is 4.29. The smallest absolute Gasteiger partial charge is 0.411 e. The van der Waals surface area contributed by atoms with Gasteiger partial charge in [-0.15, -0.1) is 0 Å². The van der Waals surface area contributed by atoms with Gasteiger partial charge in [-0.1, -0.05) is 6.08 Å². The summed E-state index contributed by atoms with van der Waals surface area (Å²) in [6, 6.07) is 2.93. The molecule has 2 aliphatic heterocycles. The maximum atomic E-state index is 13.5. The molecule has 1 saturated heterocycles. The lowest BCUT2D eigenvalue weighted by molar-refractivity contribution is 0.0000634. The van der Waals surface area contributed by atoms with E-state index in [2.05, 4.69) is 11.1 Å². The van der Waals surface area contributed by atoms with E-state index in [4.69, 9.17) is 4.74 Å². The van der Waals surface area contributed by atoms with Crippen LogP contribution < -0.4 is 0 Å². The molecule has 0 spiro atoms. The Bertz CT molecular complexity index is 636. The lowest BCUT2D eigenvalue weighted by Crippen LogP contribution is -2.53. The molecule has 0 aromatic carbocycles. The first kappa shape index (κ1) is 16.0. The average molecular weight is 318 g/mol. The molecule has 4 nitrogen and oxygen atoms in total. The largest absolute Gasteiger partial charge is 0.444 e. The molecule has 1 aromatic heterocycles. The van der Waals surface area contributed by atoms with Crippen LogP contribution in [0.15, 0.2) is 24.4 Å². The zero-order valence-corrected chi connectivity index (χ0v) is 13.9. The first-order chi connectivity index (χ1) is 10.8. The van der Waals surface area contributed by atoms with Gasteiger partial charge in [0.1, 0.15) is 11.4 Å². The second-order valence-electron chi connectivity index (χ2n) is 7.30. The van der Waals surface area contributed by atoms with Crippen LogP contribution in [0.25, 0.3) is 5.57 Å². The number of pyridine rings is 1. The minimum atomic E-state index is -0.501. The number of aromatic nitrogens is 1. The number of halogens is 1. The Hall–Kier alpha value is -1.91. The minimum absolute atomic E-state index is 0.0115. The topological polar surface area (TPSA) is 42.4 Å². The summed E-state index contributed by atoms with van der Waals surface area (Å²) in [5.74, 6) is -0.282. The highest BCUT2D eigenvalue weighted by molar-refractivity contribution is 5.73. The summed E-state index contributed by atoms with van der Waals surface area (Å²) in [5.41, 5.74) is 1.20. The molecular weight excluding hydrogens is 295 g/mol. The van der Waals surface area contributed by atoms with Crippen molar-refractivity contribution in [1.29, 1.82) is 0 Å². The number of nitrogens with zero attached hydrogens (tertiary/aromatic N) is 2. The molecule has 1 aromatic rings. The van der Waals surface area contributed by atoms with Crippen LogP contribution in [0.3, 0.4) is 0 Å². The van der Waals surface area contributed by atoms with Crippen molar-refractivity contribution in [3.05, 3.63) is 35.9 Å². The molecule has 3 heterocycles. The Morgan fingerprint density at radius 3 is 2.83 bits per heavy atom. The maximum Gasteiger partial charge on any atom is 0.411 e. The van der Waals surface area contributed by atoms with Gasteiger partial charge in [-0.2, -0.15) is 0 Å². The van der Waals surface area contributed by atoms with E-state index in [-0.39, 0.29) is 24.0 Å². The van der Waals surface area contributed by atoms with E-state index >= 15 is 0 Å². The van der Waals surface area contributed by atoms with Gasteiger partial charge in [0.05, 0.1) is 11.7 Å². The van der Waals surface area contributed by atoms with Crippen molar-refractivity contribution in [3.63, 3.8) is 0 Å². The van der Waals surface area contributed by atoms with Gasteiger partial charge in [-0.05, 0) is 64.2 Å². The van der Waals surface area contributed by atoms with Crippen molar-refractivity contribution in [2.24, 2.45) is 0 Å². The van der Waals surface area contributed by atoms with Crippen molar-refractivity contribution < 1.29 is 13.9 Å². The summed E-state index contributed by atoms with van der Waals surface area (Å²) < 4.78 is 19.0. The lowest BCUT2D eigenvalue weighted by Gasteiger charge is -2.45. The summed E-state index contributed by atoms with van der Waals surface area (Å²) >= 11 is 0. The lowest BCUT2D eigenvalue weighted by atomic mass is 9.84. The molecule has 3 rings (SSSR count). The Kier molecular flexibility index (Phi) is 4.13. The second kappa shape index (κ2) is 5.95. The van der Waals surface area contributed by atoms with Crippen LogP contribution in [0.2, 0.25) is 0 Å². The van der Waals surface area contributed by atoms with Crippen molar-refractivity contribution in [2.75, 3.05) is 0 Å². The van der Waals surface area contributed by atoms with Crippen molar-refractivity contribution in [3.8, 4) is 0 Å². The molecule has 124 valence electrons. The predicted octanol–water partition coefficient (Wildman–Crippen LogP) is 4.17. The zero-order chi connectivity index (χ0) is 16.6. The summed E-state index contributed by atoms with van der Waals surface area (Å²) in [6.07, 6.45) is 6.94. The van der Waals surface area contributed by atoms with Gasteiger partial charge in [0, 0.05) is 12.2 Å². The number of rotatable bonds is 1. The number of fused-ring (bicyclic) bond motifs is 2. The fraction of sp³-hybridized carbons (Fsp3) is 0.556. The Labute approximate surface area is 136 Å². The molecule has 0 aliphatic carbocycles. The van der Waals surface area contributed by atoms with Gasteiger partial charge in [0.15, 0.2) is 0 Å². The molecule has 2 bridgehead atoms. The second-order valence-corrected chi connectivity index (χ2v) is 7.30. The highest BCUT2D eigenvalue weighted by Crippen LogP contribution is 2.37. The summed E-state index contributed by atoms with van der Waals surface area (Å²) in [7, 11) is 0. The highest BCUT2D eigenvalue weighted by atomic mass is 19.1. The van der Waals surface area contributed by atoms with Gasteiger partial charge >= 0.3 is 6.09 Å². The number of amides is 1. The molecule has 0 saturated carbocycles. The van der Waals surface area contributed by atoms with Crippen LogP contribution in [0.1, 0.15) is 52.1 Å². The highest BCUT2D eigenvalue weighted by Gasteiger charge is 2.39. The van der Waals surface area contributed by atoms with Crippen LogP contribution in [-0.2, 0) is 4.74 Å². The Morgan fingerprint density at radius 1 is 1.39 bits per heavy atom.